The Morgan fingerprint density at radius 3 is 2.69 bits per heavy atom. The Hall–Kier alpha value is -1.57. The fourth-order valence-corrected chi connectivity index (χ4v) is 1.07. The maximum Gasteiger partial charge on any atom is 0.0922 e. The van der Waals surface area contributed by atoms with Gasteiger partial charge in [-0.1, -0.05) is 30.9 Å². The van der Waals surface area contributed by atoms with Gasteiger partial charge in [0.2, 0.25) is 0 Å². The second-order valence-corrected chi connectivity index (χ2v) is 3.02. The smallest absolute Gasteiger partial charge is 0.0922 e. The van der Waals surface area contributed by atoms with E-state index in [9.17, 15) is 0 Å². The monoisotopic (exact) mass is 174 g/mol. The zero-order chi connectivity index (χ0) is 9.84. The standard InChI is InChI=1S/C11H14N2/c1-5-10(8-9(2)3)11-6-7-13(4)12-11/h5-8H,1-2H2,3-4H3/b10-8+. The molecule has 68 valence electrons. The first-order valence-electron chi connectivity index (χ1n) is 4.13. The Morgan fingerprint density at radius 1 is 1.62 bits per heavy atom. The van der Waals surface area contributed by atoms with Gasteiger partial charge in [0.05, 0.1) is 5.69 Å². The van der Waals surface area contributed by atoms with E-state index in [0.717, 1.165) is 16.8 Å². The van der Waals surface area contributed by atoms with E-state index in [2.05, 4.69) is 18.3 Å². The van der Waals surface area contributed by atoms with E-state index in [1.54, 1.807) is 10.8 Å². The molecule has 1 aromatic heterocycles. The molecule has 0 aliphatic carbocycles. The first-order chi connectivity index (χ1) is 6.13. The van der Waals surface area contributed by atoms with Gasteiger partial charge in [-0.25, -0.2) is 0 Å². The molecule has 0 aromatic carbocycles. The summed E-state index contributed by atoms with van der Waals surface area (Å²) in [5.74, 6) is 0. The number of rotatable bonds is 3. The molecule has 0 radical (unpaired) electrons. The van der Waals surface area contributed by atoms with E-state index in [1.807, 2.05) is 32.3 Å². The summed E-state index contributed by atoms with van der Waals surface area (Å²) in [5.41, 5.74) is 2.94. The normalized spacial score (nSPS) is 11.4. The van der Waals surface area contributed by atoms with Gasteiger partial charge in [-0.05, 0) is 13.0 Å². The SMILES string of the molecule is C=C/C(=C\C(=C)C)c1ccn(C)n1. The van der Waals surface area contributed by atoms with E-state index >= 15 is 0 Å². The number of nitrogens with zero attached hydrogens (tertiary/aromatic N) is 2. The molecule has 0 saturated heterocycles. The third kappa shape index (κ3) is 2.44. The fraction of sp³-hybridized carbons (Fsp3) is 0.182. The highest BCUT2D eigenvalue weighted by molar-refractivity contribution is 5.72. The molecule has 1 aromatic rings. The summed E-state index contributed by atoms with van der Waals surface area (Å²) in [6.45, 7) is 9.51. The predicted molar refractivity (Wildman–Crippen MR) is 56.2 cm³/mol. The van der Waals surface area contributed by atoms with Gasteiger partial charge in [0.15, 0.2) is 0 Å². The summed E-state index contributed by atoms with van der Waals surface area (Å²) in [6.07, 6.45) is 5.66. The van der Waals surface area contributed by atoms with Gasteiger partial charge in [0.25, 0.3) is 0 Å². The summed E-state index contributed by atoms with van der Waals surface area (Å²) < 4.78 is 1.77. The quantitative estimate of drug-likeness (QED) is 0.644. The maximum absolute atomic E-state index is 4.27. The summed E-state index contributed by atoms with van der Waals surface area (Å²) in [6, 6.07) is 1.95. The third-order valence-electron chi connectivity index (χ3n) is 1.63. The van der Waals surface area contributed by atoms with E-state index in [1.165, 1.54) is 0 Å². The lowest BCUT2D eigenvalue weighted by molar-refractivity contribution is 0.763. The van der Waals surface area contributed by atoms with Crippen LogP contribution in [0.2, 0.25) is 0 Å². The largest absolute Gasteiger partial charge is 0.275 e. The van der Waals surface area contributed by atoms with E-state index in [4.69, 9.17) is 0 Å². The summed E-state index contributed by atoms with van der Waals surface area (Å²) in [5, 5.41) is 4.27. The highest BCUT2D eigenvalue weighted by Crippen LogP contribution is 2.14. The van der Waals surface area contributed by atoms with Crippen molar-refractivity contribution >= 4 is 5.57 Å². The Labute approximate surface area is 78.9 Å². The highest BCUT2D eigenvalue weighted by atomic mass is 15.2. The Balaban J connectivity index is 3.04. The molecular formula is C11H14N2. The molecule has 1 rings (SSSR count). The van der Waals surface area contributed by atoms with Gasteiger partial charge in [0, 0.05) is 18.8 Å². The van der Waals surface area contributed by atoms with Crippen molar-refractivity contribution in [3.63, 3.8) is 0 Å². The fourth-order valence-electron chi connectivity index (χ4n) is 1.07. The molecular weight excluding hydrogens is 160 g/mol. The molecule has 0 saturated carbocycles. The van der Waals surface area contributed by atoms with Crippen molar-refractivity contribution in [3.8, 4) is 0 Å². The van der Waals surface area contributed by atoms with Crippen LogP contribution >= 0.6 is 0 Å². The average molecular weight is 174 g/mol. The van der Waals surface area contributed by atoms with Crippen molar-refractivity contribution in [2.75, 3.05) is 0 Å². The molecule has 0 bridgehead atoms. The zero-order valence-electron chi connectivity index (χ0n) is 8.12. The Morgan fingerprint density at radius 2 is 2.31 bits per heavy atom. The number of hydrogen-bond acceptors (Lipinski definition) is 1. The van der Waals surface area contributed by atoms with Crippen molar-refractivity contribution < 1.29 is 0 Å². The van der Waals surface area contributed by atoms with Crippen molar-refractivity contribution in [1.82, 2.24) is 9.78 Å². The van der Waals surface area contributed by atoms with Crippen LogP contribution in [0.25, 0.3) is 5.57 Å². The van der Waals surface area contributed by atoms with E-state index in [0.29, 0.717) is 0 Å². The number of allylic oxidation sites excluding steroid dienone is 4. The molecule has 0 fully saturated rings. The van der Waals surface area contributed by atoms with Gasteiger partial charge in [0.1, 0.15) is 0 Å². The lowest BCUT2D eigenvalue weighted by Gasteiger charge is -1.96. The Kier molecular flexibility index (Phi) is 2.85. The molecule has 0 amide bonds. The maximum atomic E-state index is 4.27. The minimum absolute atomic E-state index is 0.931. The summed E-state index contributed by atoms with van der Waals surface area (Å²) in [7, 11) is 1.89. The van der Waals surface area contributed by atoms with Crippen LogP contribution < -0.4 is 0 Å². The third-order valence-corrected chi connectivity index (χ3v) is 1.63. The number of hydrogen-bond donors (Lipinski definition) is 0. The van der Waals surface area contributed by atoms with Crippen molar-refractivity contribution in [1.29, 1.82) is 0 Å². The molecule has 0 aliphatic heterocycles. The van der Waals surface area contributed by atoms with Crippen molar-refractivity contribution in [2.45, 2.75) is 6.92 Å². The van der Waals surface area contributed by atoms with Gasteiger partial charge in [-0.2, -0.15) is 5.10 Å². The summed E-state index contributed by atoms with van der Waals surface area (Å²) >= 11 is 0. The molecule has 0 aliphatic rings. The predicted octanol–water partition coefficient (Wildman–Crippen LogP) is 2.57. The molecule has 2 nitrogen and oxygen atoms in total. The minimum atomic E-state index is 0.931. The molecule has 0 N–H and O–H groups in total. The summed E-state index contributed by atoms with van der Waals surface area (Å²) in [4.78, 5) is 0. The van der Waals surface area contributed by atoms with E-state index < -0.39 is 0 Å². The average Bonchev–Trinajstić information content (AvgIpc) is 2.47. The topological polar surface area (TPSA) is 17.8 Å². The van der Waals surface area contributed by atoms with Crippen LogP contribution in [0.4, 0.5) is 0 Å². The van der Waals surface area contributed by atoms with Gasteiger partial charge in [-0.15, -0.1) is 0 Å². The lowest BCUT2D eigenvalue weighted by atomic mass is 10.1. The van der Waals surface area contributed by atoms with Crippen LogP contribution in [-0.4, -0.2) is 9.78 Å². The highest BCUT2D eigenvalue weighted by Gasteiger charge is 1.99. The van der Waals surface area contributed by atoms with Crippen LogP contribution in [0.5, 0.6) is 0 Å². The second kappa shape index (κ2) is 3.90. The first kappa shape index (κ1) is 9.52. The molecule has 13 heavy (non-hydrogen) atoms. The molecule has 0 unspecified atom stereocenters. The number of aryl methyl sites for hydroxylation is 1. The zero-order valence-corrected chi connectivity index (χ0v) is 8.12. The molecule has 1 heterocycles. The second-order valence-electron chi connectivity index (χ2n) is 3.02. The molecule has 2 heteroatoms. The van der Waals surface area contributed by atoms with E-state index in [-0.39, 0.29) is 0 Å². The van der Waals surface area contributed by atoms with Crippen LogP contribution in [-0.2, 0) is 7.05 Å². The molecule has 0 atom stereocenters. The van der Waals surface area contributed by atoms with Gasteiger partial charge in [-0.3, -0.25) is 4.68 Å². The van der Waals surface area contributed by atoms with Crippen molar-refractivity contribution in [3.05, 3.63) is 48.8 Å². The van der Waals surface area contributed by atoms with Crippen molar-refractivity contribution in [2.24, 2.45) is 7.05 Å². The first-order valence-corrected chi connectivity index (χ1v) is 4.13. The lowest BCUT2D eigenvalue weighted by Crippen LogP contribution is -1.89. The molecule has 0 spiro atoms. The number of aromatic nitrogens is 2. The minimum Gasteiger partial charge on any atom is -0.275 e. The van der Waals surface area contributed by atoms with Crippen LogP contribution in [0.3, 0.4) is 0 Å². The Bertz CT molecular complexity index is 356. The van der Waals surface area contributed by atoms with Gasteiger partial charge >= 0.3 is 0 Å². The van der Waals surface area contributed by atoms with Gasteiger partial charge < -0.3 is 0 Å². The van der Waals surface area contributed by atoms with Crippen LogP contribution in [0.1, 0.15) is 12.6 Å². The van der Waals surface area contributed by atoms with Crippen LogP contribution in [0.15, 0.2) is 43.1 Å². The van der Waals surface area contributed by atoms with Crippen LogP contribution in [0, 0.1) is 0 Å².